The van der Waals surface area contributed by atoms with Crippen LogP contribution in [-0.2, 0) is 0 Å². The Kier molecular flexibility index (Phi) is 3.27. The first kappa shape index (κ1) is 11.2. The fourth-order valence-corrected chi connectivity index (χ4v) is 2.72. The second-order valence-corrected chi connectivity index (χ2v) is 4.90. The molecular weight excluding hydrogens is 222 g/mol. The summed E-state index contributed by atoms with van der Waals surface area (Å²) in [5, 5.41) is 13.1. The first-order valence-corrected chi connectivity index (χ1v) is 6.08. The first-order chi connectivity index (χ1) is 7.70. The van der Waals surface area contributed by atoms with Gasteiger partial charge in [0.2, 0.25) is 0 Å². The molecule has 0 radical (unpaired) electrons. The van der Waals surface area contributed by atoms with Crippen LogP contribution in [0.4, 0.5) is 10.8 Å². The van der Waals surface area contributed by atoms with Gasteiger partial charge in [-0.1, -0.05) is 0 Å². The molecule has 1 unspecified atom stereocenters. The van der Waals surface area contributed by atoms with E-state index in [0.717, 1.165) is 24.5 Å². The third-order valence-electron chi connectivity index (χ3n) is 2.79. The molecule has 1 aliphatic rings. The molecule has 2 heterocycles. The Balaban J connectivity index is 2.06. The van der Waals surface area contributed by atoms with E-state index in [0.29, 0.717) is 17.4 Å². The molecule has 0 bridgehead atoms. The summed E-state index contributed by atoms with van der Waals surface area (Å²) >= 11 is 1.27. The molecule has 1 aliphatic heterocycles. The lowest BCUT2D eigenvalue weighted by Gasteiger charge is -2.30. The molecule has 0 aliphatic carbocycles. The number of nitrogens with zero attached hydrogens (tertiary/aromatic N) is 3. The minimum Gasteiger partial charge on any atom is -0.382 e. The van der Waals surface area contributed by atoms with E-state index in [4.69, 9.17) is 11.0 Å². The quantitative estimate of drug-likeness (QED) is 0.805. The zero-order valence-corrected chi connectivity index (χ0v) is 10.0. The molecule has 0 aromatic carbocycles. The number of aromatic nitrogens is 1. The van der Waals surface area contributed by atoms with Gasteiger partial charge in [0, 0.05) is 12.6 Å². The van der Waals surface area contributed by atoms with Crippen LogP contribution in [-0.4, -0.2) is 35.5 Å². The van der Waals surface area contributed by atoms with Gasteiger partial charge in [-0.05, 0) is 38.0 Å². The summed E-state index contributed by atoms with van der Waals surface area (Å²) in [5.74, 6) is 0.333. The number of hydrogen-bond donors (Lipinski definition) is 2. The van der Waals surface area contributed by atoms with Gasteiger partial charge in [-0.2, -0.15) is 9.64 Å². The van der Waals surface area contributed by atoms with Gasteiger partial charge in [0.1, 0.15) is 16.6 Å². The summed E-state index contributed by atoms with van der Waals surface area (Å²) in [6, 6.07) is 2.49. The highest BCUT2D eigenvalue weighted by atomic mass is 32.1. The highest BCUT2D eigenvalue weighted by Gasteiger charge is 2.19. The zero-order chi connectivity index (χ0) is 11.5. The maximum atomic E-state index is 8.96. The Morgan fingerprint density at radius 2 is 2.50 bits per heavy atom. The maximum Gasteiger partial charge on any atom is 0.157 e. The van der Waals surface area contributed by atoms with Gasteiger partial charge in [0.05, 0.1) is 0 Å². The van der Waals surface area contributed by atoms with Gasteiger partial charge in [-0.25, -0.2) is 0 Å². The SMILES string of the molecule is CN1CCCC(Nc2snc(N)c2C#N)C1. The summed E-state index contributed by atoms with van der Waals surface area (Å²) < 4.78 is 3.99. The van der Waals surface area contributed by atoms with Crippen LogP contribution in [0.5, 0.6) is 0 Å². The maximum absolute atomic E-state index is 8.96. The molecule has 1 saturated heterocycles. The molecule has 1 fully saturated rings. The highest BCUT2D eigenvalue weighted by molar-refractivity contribution is 7.10. The number of likely N-dealkylation sites (N-methyl/N-ethyl adjacent to an activating group) is 1. The van der Waals surface area contributed by atoms with Gasteiger partial charge in [-0.3, -0.25) is 0 Å². The van der Waals surface area contributed by atoms with E-state index in [1.165, 1.54) is 18.0 Å². The van der Waals surface area contributed by atoms with Crippen molar-refractivity contribution in [2.24, 2.45) is 0 Å². The molecule has 3 N–H and O–H groups in total. The van der Waals surface area contributed by atoms with E-state index in [1.807, 2.05) is 0 Å². The van der Waals surface area contributed by atoms with Crippen LogP contribution in [0.1, 0.15) is 18.4 Å². The minimum absolute atomic E-state index is 0.333. The van der Waals surface area contributed by atoms with Crippen LogP contribution in [0.15, 0.2) is 0 Å². The van der Waals surface area contributed by atoms with Crippen molar-refractivity contribution in [3.8, 4) is 6.07 Å². The number of likely N-dealkylation sites (tertiary alicyclic amines) is 1. The van der Waals surface area contributed by atoms with Crippen LogP contribution in [0, 0.1) is 11.3 Å². The summed E-state index contributed by atoms with van der Waals surface area (Å²) in [7, 11) is 2.11. The van der Waals surface area contributed by atoms with Crippen molar-refractivity contribution in [2.45, 2.75) is 18.9 Å². The number of nitrogens with two attached hydrogens (primary N) is 1. The molecule has 0 spiro atoms. The number of anilines is 2. The molecule has 0 amide bonds. The normalized spacial score (nSPS) is 21.6. The lowest BCUT2D eigenvalue weighted by molar-refractivity contribution is 0.261. The van der Waals surface area contributed by atoms with E-state index in [9.17, 15) is 0 Å². The Hall–Kier alpha value is -1.32. The van der Waals surface area contributed by atoms with Crippen molar-refractivity contribution in [2.75, 3.05) is 31.2 Å². The average Bonchev–Trinajstić information content (AvgIpc) is 2.59. The monoisotopic (exact) mass is 237 g/mol. The van der Waals surface area contributed by atoms with Crippen molar-refractivity contribution in [3.63, 3.8) is 0 Å². The lowest BCUT2D eigenvalue weighted by atomic mass is 10.1. The van der Waals surface area contributed by atoms with Crippen LogP contribution in [0.2, 0.25) is 0 Å². The van der Waals surface area contributed by atoms with Crippen molar-refractivity contribution >= 4 is 22.4 Å². The highest BCUT2D eigenvalue weighted by Crippen LogP contribution is 2.27. The Bertz CT molecular complexity index is 408. The first-order valence-electron chi connectivity index (χ1n) is 5.31. The molecule has 1 aromatic rings. The largest absolute Gasteiger partial charge is 0.382 e. The minimum atomic E-state index is 0.333. The summed E-state index contributed by atoms with van der Waals surface area (Å²) in [6.07, 6.45) is 2.32. The molecule has 5 nitrogen and oxygen atoms in total. The summed E-state index contributed by atoms with van der Waals surface area (Å²) in [4.78, 5) is 2.29. The van der Waals surface area contributed by atoms with Crippen LogP contribution in [0.3, 0.4) is 0 Å². The average molecular weight is 237 g/mol. The fraction of sp³-hybridized carbons (Fsp3) is 0.600. The van der Waals surface area contributed by atoms with Crippen LogP contribution >= 0.6 is 11.5 Å². The predicted octanol–water partition coefficient (Wildman–Crippen LogP) is 1.10. The van der Waals surface area contributed by atoms with E-state index >= 15 is 0 Å². The summed E-state index contributed by atoms with van der Waals surface area (Å²) in [6.45, 7) is 2.15. The predicted molar refractivity (Wildman–Crippen MR) is 65.4 cm³/mol. The third-order valence-corrected chi connectivity index (χ3v) is 3.58. The van der Waals surface area contributed by atoms with Gasteiger partial charge in [0.15, 0.2) is 5.82 Å². The number of nitrogens with one attached hydrogen (secondary N) is 1. The third kappa shape index (κ3) is 2.26. The van der Waals surface area contributed by atoms with Crippen molar-refractivity contribution in [1.29, 1.82) is 5.26 Å². The second-order valence-electron chi connectivity index (χ2n) is 4.13. The zero-order valence-electron chi connectivity index (χ0n) is 9.23. The number of hydrogen-bond acceptors (Lipinski definition) is 6. The van der Waals surface area contributed by atoms with Gasteiger partial charge in [0.25, 0.3) is 0 Å². The molecule has 1 aromatic heterocycles. The van der Waals surface area contributed by atoms with E-state index in [2.05, 4.69) is 27.7 Å². The van der Waals surface area contributed by atoms with Crippen LogP contribution < -0.4 is 11.1 Å². The Morgan fingerprint density at radius 1 is 1.69 bits per heavy atom. The molecular formula is C10H15N5S. The number of nitriles is 1. The van der Waals surface area contributed by atoms with Gasteiger partial charge >= 0.3 is 0 Å². The topological polar surface area (TPSA) is 78.0 Å². The molecule has 16 heavy (non-hydrogen) atoms. The van der Waals surface area contributed by atoms with Crippen LogP contribution in [0.25, 0.3) is 0 Å². The van der Waals surface area contributed by atoms with E-state index in [-0.39, 0.29) is 0 Å². The Labute approximate surface area is 99.0 Å². The number of piperidine rings is 1. The second kappa shape index (κ2) is 4.68. The van der Waals surface area contributed by atoms with Crippen molar-refractivity contribution < 1.29 is 0 Å². The smallest absolute Gasteiger partial charge is 0.157 e. The van der Waals surface area contributed by atoms with Gasteiger partial charge < -0.3 is 16.0 Å². The summed E-state index contributed by atoms with van der Waals surface area (Å²) in [5.41, 5.74) is 6.10. The standard InChI is InChI=1S/C10H15N5S/c1-15-4-2-3-7(6-15)13-10-8(5-11)9(12)14-16-10/h7,13H,2-4,6H2,1H3,(H2,12,14). The number of rotatable bonds is 2. The van der Waals surface area contributed by atoms with Crippen molar-refractivity contribution in [1.82, 2.24) is 9.27 Å². The fourth-order valence-electron chi connectivity index (χ4n) is 1.98. The van der Waals surface area contributed by atoms with E-state index < -0.39 is 0 Å². The molecule has 86 valence electrons. The molecule has 0 saturated carbocycles. The number of nitrogen functional groups attached to an aromatic ring is 1. The van der Waals surface area contributed by atoms with E-state index in [1.54, 1.807) is 0 Å². The Morgan fingerprint density at radius 3 is 3.19 bits per heavy atom. The van der Waals surface area contributed by atoms with Gasteiger partial charge in [-0.15, -0.1) is 0 Å². The lowest BCUT2D eigenvalue weighted by Crippen LogP contribution is -2.39. The molecule has 6 heteroatoms. The molecule has 1 atom stereocenters. The molecule has 2 rings (SSSR count). The van der Waals surface area contributed by atoms with Crippen molar-refractivity contribution in [3.05, 3.63) is 5.56 Å².